The van der Waals surface area contributed by atoms with Gasteiger partial charge in [0.15, 0.2) is 11.5 Å². The van der Waals surface area contributed by atoms with Crippen molar-refractivity contribution in [1.29, 1.82) is 0 Å². The van der Waals surface area contributed by atoms with E-state index in [0.29, 0.717) is 34.4 Å². The number of para-hydroxylation sites is 1. The summed E-state index contributed by atoms with van der Waals surface area (Å²) in [5, 5.41) is 20.7. The van der Waals surface area contributed by atoms with Crippen LogP contribution in [0, 0.1) is 0 Å². The number of aromatic hydroxyl groups is 1. The number of phenols is 1. The summed E-state index contributed by atoms with van der Waals surface area (Å²) in [5.74, 6) is -0.373. The molecule has 6 heteroatoms. The lowest BCUT2D eigenvalue weighted by molar-refractivity contribution is 0.0697. The van der Waals surface area contributed by atoms with E-state index in [1.54, 1.807) is 18.2 Å². The fourth-order valence-electron chi connectivity index (χ4n) is 3.92. The summed E-state index contributed by atoms with van der Waals surface area (Å²) in [7, 11) is 2.96. The predicted octanol–water partition coefficient (Wildman–Crippen LogP) is 4.53. The zero-order valence-electron chi connectivity index (χ0n) is 16.2. The van der Waals surface area contributed by atoms with Gasteiger partial charge in [-0.25, -0.2) is 9.78 Å². The van der Waals surface area contributed by atoms with Gasteiger partial charge in [0.05, 0.1) is 31.0 Å². The van der Waals surface area contributed by atoms with E-state index in [0.717, 1.165) is 35.2 Å². The highest BCUT2D eigenvalue weighted by molar-refractivity contribution is 6.05. The second-order valence-electron chi connectivity index (χ2n) is 6.93. The maximum Gasteiger partial charge on any atom is 0.336 e. The van der Waals surface area contributed by atoms with Gasteiger partial charge in [0.2, 0.25) is 5.75 Å². The van der Waals surface area contributed by atoms with Gasteiger partial charge >= 0.3 is 5.97 Å². The topological polar surface area (TPSA) is 88.9 Å². The van der Waals surface area contributed by atoms with Crippen LogP contribution in [0.2, 0.25) is 0 Å². The van der Waals surface area contributed by atoms with Crippen molar-refractivity contribution in [1.82, 2.24) is 4.98 Å². The number of aromatic carboxylic acids is 1. The van der Waals surface area contributed by atoms with Crippen LogP contribution in [-0.4, -0.2) is 35.4 Å². The monoisotopic (exact) mass is 391 g/mol. The van der Waals surface area contributed by atoms with Crippen LogP contribution in [0.1, 0.15) is 40.0 Å². The van der Waals surface area contributed by atoms with E-state index in [4.69, 9.17) is 14.5 Å². The van der Waals surface area contributed by atoms with Crippen molar-refractivity contribution < 1.29 is 24.5 Å². The van der Waals surface area contributed by atoms with E-state index in [9.17, 15) is 15.0 Å². The second kappa shape index (κ2) is 7.47. The van der Waals surface area contributed by atoms with Crippen LogP contribution in [0.5, 0.6) is 17.2 Å². The average Bonchev–Trinajstić information content (AvgIpc) is 2.73. The molecule has 29 heavy (non-hydrogen) atoms. The van der Waals surface area contributed by atoms with E-state index in [1.807, 2.05) is 24.3 Å². The Morgan fingerprint density at radius 1 is 1.10 bits per heavy atom. The van der Waals surface area contributed by atoms with Crippen molar-refractivity contribution >= 4 is 28.5 Å². The molecule has 0 bridgehead atoms. The molecule has 148 valence electrons. The highest BCUT2D eigenvalue weighted by Gasteiger charge is 2.25. The van der Waals surface area contributed by atoms with Crippen LogP contribution in [-0.2, 0) is 6.42 Å². The number of rotatable bonds is 4. The highest BCUT2D eigenvalue weighted by atomic mass is 16.5. The van der Waals surface area contributed by atoms with E-state index < -0.39 is 5.97 Å². The molecule has 3 aromatic rings. The van der Waals surface area contributed by atoms with Gasteiger partial charge in [-0.05, 0) is 60.2 Å². The van der Waals surface area contributed by atoms with Crippen molar-refractivity contribution in [3.63, 3.8) is 0 Å². The Morgan fingerprint density at radius 2 is 1.79 bits per heavy atom. The quantitative estimate of drug-likeness (QED) is 0.679. The summed E-state index contributed by atoms with van der Waals surface area (Å²) < 4.78 is 10.5. The zero-order valence-corrected chi connectivity index (χ0v) is 16.2. The van der Waals surface area contributed by atoms with Crippen LogP contribution >= 0.6 is 0 Å². The molecule has 0 unspecified atom stereocenters. The molecule has 2 aromatic carbocycles. The van der Waals surface area contributed by atoms with Gasteiger partial charge in [0.1, 0.15) is 0 Å². The molecule has 1 aliphatic carbocycles. The van der Waals surface area contributed by atoms with Gasteiger partial charge < -0.3 is 19.7 Å². The number of methoxy groups -OCH3 is 2. The van der Waals surface area contributed by atoms with Gasteiger partial charge in [0.25, 0.3) is 0 Å². The SMILES string of the molecule is COc1cc(/C=C2/CCCc3c2nc2ccccc2c3C(=O)O)cc(OC)c1O. The smallest absolute Gasteiger partial charge is 0.336 e. The number of carboxylic acid groups (broad SMARTS) is 1. The normalized spacial score (nSPS) is 14.6. The molecule has 2 N–H and O–H groups in total. The number of nitrogens with zero attached hydrogens (tertiary/aromatic N) is 1. The standard InChI is InChI=1S/C23H21NO5/c1-28-18-11-13(12-19(29-2)22(18)25)10-14-6-5-8-16-20(23(26)27)15-7-3-4-9-17(15)24-21(14)16/h3-4,7,9-12,25H,5-6,8H2,1-2H3,(H,26,27)/b14-10-. The number of pyridine rings is 1. The van der Waals surface area contributed by atoms with Crippen molar-refractivity contribution in [3.05, 3.63) is 58.8 Å². The third-order valence-electron chi connectivity index (χ3n) is 5.23. The first-order valence-electron chi connectivity index (χ1n) is 9.34. The zero-order chi connectivity index (χ0) is 20.5. The molecule has 1 aromatic heterocycles. The predicted molar refractivity (Wildman–Crippen MR) is 111 cm³/mol. The fourth-order valence-corrected chi connectivity index (χ4v) is 3.92. The number of benzene rings is 2. The lowest BCUT2D eigenvalue weighted by Gasteiger charge is -2.21. The molecule has 0 radical (unpaired) electrons. The number of carboxylic acids is 1. The number of ether oxygens (including phenoxy) is 2. The highest BCUT2D eigenvalue weighted by Crippen LogP contribution is 2.40. The minimum atomic E-state index is -0.936. The molecule has 0 saturated carbocycles. The summed E-state index contributed by atoms with van der Waals surface area (Å²) in [6.07, 6.45) is 4.25. The number of fused-ring (bicyclic) bond motifs is 2. The van der Waals surface area contributed by atoms with Crippen LogP contribution in [0.15, 0.2) is 36.4 Å². The number of phenolic OH excluding ortho intramolecular Hbond substituents is 1. The van der Waals surface area contributed by atoms with Gasteiger partial charge in [-0.15, -0.1) is 0 Å². The molecule has 4 rings (SSSR count). The molecule has 0 fully saturated rings. The molecular formula is C23H21NO5. The molecule has 6 nitrogen and oxygen atoms in total. The third-order valence-corrected chi connectivity index (χ3v) is 5.23. The summed E-state index contributed by atoms with van der Waals surface area (Å²) in [6.45, 7) is 0. The number of hydrogen-bond acceptors (Lipinski definition) is 5. The summed E-state index contributed by atoms with van der Waals surface area (Å²) in [4.78, 5) is 16.8. The Labute approximate surface area is 168 Å². The molecule has 0 amide bonds. The minimum Gasteiger partial charge on any atom is -0.502 e. The van der Waals surface area contributed by atoms with Crippen molar-refractivity contribution in [2.45, 2.75) is 19.3 Å². The summed E-state index contributed by atoms with van der Waals surface area (Å²) >= 11 is 0. The van der Waals surface area contributed by atoms with Gasteiger partial charge in [-0.3, -0.25) is 0 Å². The first kappa shape index (κ1) is 18.8. The number of hydrogen-bond donors (Lipinski definition) is 2. The Morgan fingerprint density at radius 3 is 2.45 bits per heavy atom. The molecular weight excluding hydrogens is 370 g/mol. The van der Waals surface area contributed by atoms with Gasteiger partial charge in [0, 0.05) is 5.39 Å². The van der Waals surface area contributed by atoms with Crippen LogP contribution < -0.4 is 9.47 Å². The Kier molecular flexibility index (Phi) is 4.84. The number of allylic oxidation sites excluding steroid dienone is 1. The van der Waals surface area contributed by atoms with Crippen LogP contribution in [0.4, 0.5) is 0 Å². The molecule has 1 heterocycles. The number of carbonyl (C=O) groups is 1. The molecule has 0 atom stereocenters. The first-order chi connectivity index (χ1) is 14.0. The third kappa shape index (κ3) is 3.27. The summed E-state index contributed by atoms with van der Waals surface area (Å²) in [6, 6.07) is 10.8. The lowest BCUT2D eigenvalue weighted by Crippen LogP contribution is -2.13. The minimum absolute atomic E-state index is 0.0570. The largest absolute Gasteiger partial charge is 0.502 e. The van der Waals surface area contributed by atoms with Crippen molar-refractivity contribution in [3.8, 4) is 17.2 Å². The van der Waals surface area contributed by atoms with Crippen LogP contribution in [0.3, 0.4) is 0 Å². The fraction of sp³-hybridized carbons (Fsp3) is 0.217. The van der Waals surface area contributed by atoms with Crippen LogP contribution in [0.25, 0.3) is 22.6 Å². The molecule has 0 aliphatic heterocycles. The Balaban J connectivity index is 1.93. The lowest BCUT2D eigenvalue weighted by atomic mass is 9.86. The van der Waals surface area contributed by atoms with E-state index in [-0.39, 0.29) is 5.75 Å². The van der Waals surface area contributed by atoms with E-state index in [2.05, 4.69) is 0 Å². The van der Waals surface area contributed by atoms with Gasteiger partial charge in [-0.1, -0.05) is 18.2 Å². The number of aromatic nitrogens is 1. The van der Waals surface area contributed by atoms with Crippen molar-refractivity contribution in [2.24, 2.45) is 0 Å². The molecule has 0 saturated heterocycles. The van der Waals surface area contributed by atoms with E-state index in [1.165, 1.54) is 14.2 Å². The van der Waals surface area contributed by atoms with E-state index >= 15 is 0 Å². The molecule has 0 spiro atoms. The average molecular weight is 391 g/mol. The maximum absolute atomic E-state index is 12.0. The summed E-state index contributed by atoms with van der Waals surface area (Å²) in [5.41, 5.74) is 4.22. The molecule has 1 aliphatic rings. The van der Waals surface area contributed by atoms with Gasteiger partial charge in [-0.2, -0.15) is 0 Å². The first-order valence-corrected chi connectivity index (χ1v) is 9.34. The van der Waals surface area contributed by atoms with Crippen molar-refractivity contribution in [2.75, 3.05) is 14.2 Å². The maximum atomic E-state index is 12.0. The Hall–Kier alpha value is -3.54. The Bertz CT molecular complexity index is 1120. The second-order valence-corrected chi connectivity index (χ2v) is 6.93.